The van der Waals surface area contributed by atoms with Crippen molar-refractivity contribution in [2.45, 2.75) is 6.92 Å². The number of benzene rings is 2. The van der Waals surface area contributed by atoms with Gasteiger partial charge in [-0.25, -0.2) is 4.98 Å². The first kappa shape index (κ1) is 19.7. The number of rotatable bonds is 5. The van der Waals surface area contributed by atoms with Gasteiger partial charge in [-0.3, -0.25) is 20.0 Å². The summed E-state index contributed by atoms with van der Waals surface area (Å²) in [6, 6.07) is 13.1. The van der Waals surface area contributed by atoms with Crippen molar-refractivity contribution in [3.05, 3.63) is 85.1 Å². The summed E-state index contributed by atoms with van der Waals surface area (Å²) in [5, 5.41) is 24.6. The summed E-state index contributed by atoms with van der Waals surface area (Å²) in [6.07, 6.45) is 0. The van der Waals surface area contributed by atoms with E-state index < -0.39 is 10.5 Å². The van der Waals surface area contributed by atoms with Crippen LogP contribution in [-0.2, 0) is 0 Å². The fourth-order valence-corrected chi connectivity index (χ4v) is 3.67. The summed E-state index contributed by atoms with van der Waals surface area (Å²) in [7, 11) is 0. The van der Waals surface area contributed by atoms with Crippen LogP contribution in [-0.4, -0.2) is 19.7 Å². The number of nitro groups is 1. The van der Waals surface area contributed by atoms with Crippen LogP contribution in [0.2, 0.25) is 5.02 Å². The zero-order valence-corrected chi connectivity index (χ0v) is 17.0. The van der Waals surface area contributed by atoms with Gasteiger partial charge in [0.2, 0.25) is 5.13 Å². The molecule has 0 atom stereocenters. The minimum atomic E-state index is -0.466. The van der Waals surface area contributed by atoms with Crippen molar-refractivity contribution in [1.29, 1.82) is 0 Å². The second kappa shape index (κ2) is 8.01. The summed E-state index contributed by atoms with van der Waals surface area (Å²) >= 11 is 7.29. The van der Waals surface area contributed by atoms with E-state index in [1.165, 1.54) is 28.2 Å². The highest BCUT2D eigenvalue weighted by Crippen LogP contribution is 2.28. The summed E-state index contributed by atoms with van der Waals surface area (Å²) < 4.78 is 1.27. The number of aryl methyl sites for hydroxylation is 1. The molecule has 0 fully saturated rings. The Morgan fingerprint density at radius 2 is 2.00 bits per heavy atom. The third-order valence-corrected chi connectivity index (χ3v) is 5.33. The highest BCUT2D eigenvalue weighted by atomic mass is 35.5. The highest BCUT2D eigenvalue weighted by molar-refractivity contribution is 7.12. The number of aromatic amines is 1. The van der Waals surface area contributed by atoms with Crippen molar-refractivity contribution in [2.75, 3.05) is 0 Å². The molecule has 0 saturated heterocycles. The molecule has 0 spiro atoms. The van der Waals surface area contributed by atoms with Crippen LogP contribution in [0.3, 0.4) is 0 Å². The molecule has 4 rings (SSSR count). The van der Waals surface area contributed by atoms with Crippen LogP contribution in [0.5, 0.6) is 0 Å². The van der Waals surface area contributed by atoms with E-state index in [-0.39, 0.29) is 11.4 Å². The van der Waals surface area contributed by atoms with Crippen molar-refractivity contribution in [1.82, 2.24) is 14.8 Å². The molecule has 0 amide bonds. The number of halogens is 1. The van der Waals surface area contributed by atoms with E-state index in [0.717, 1.165) is 0 Å². The lowest BCUT2D eigenvalue weighted by Gasteiger charge is -1.97. The van der Waals surface area contributed by atoms with Gasteiger partial charge in [-0.05, 0) is 19.1 Å². The molecule has 2 heterocycles. The quantitative estimate of drug-likeness (QED) is 0.247. The lowest BCUT2D eigenvalue weighted by atomic mass is 10.1. The number of hydrogen-bond acceptors (Lipinski definition) is 7. The van der Waals surface area contributed by atoms with E-state index in [9.17, 15) is 14.9 Å². The van der Waals surface area contributed by atoms with E-state index >= 15 is 0 Å². The number of nitrogens with one attached hydrogen (secondary N) is 1. The number of nitro benzene ring substituents is 1. The van der Waals surface area contributed by atoms with Crippen LogP contribution in [0.15, 0.2) is 68.9 Å². The number of hydrogen-bond donors (Lipinski definition) is 1. The first-order valence-electron chi connectivity index (χ1n) is 8.62. The Kier molecular flexibility index (Phi) is 5.25. The van der Waals surface area contributed by atoms with E-state index in [1.54, 1.807) is 48.7 Å². The second-order valence-electron chi connectivity index (χ2n) is 6.20. The molecule has 1 N–H and O–H groups in total. The maximum atomic E-state index is 12.8. The standard InChI is InChI=1S/C19H13ClN6O3S/c1-11-17(23-22-15-8-3-2-7-14(15)20)18(27)25(24-11)19-21-16(10-30-19)12-5-4-6-13(9-12)26(28)29/h2-10,24H,1H3. The van der Waals surface area contributed by atoms with Gasteiger partial charge in [0.05, 0.1) is 21.3 Å². The molecule has 0 aliphatic heterocycles. The number of azo groups is 1. The normalized spacial score (nSPS) is 11.3. The molecule has 9 nitrogen and oxygen atoms in total. The zero-order valence-electron chi connectivity index (χ0n) is 15.4. The smallest absolute Gasteiger partial charge is 0.291 e. The van der Waals surface area contributed by atoms with Gasteiger partial charge in [0.25, 0.3) is 5.69 Å². The predicted octanol–water partition coefficient (Wildman–Crippen LogP) is 5.57. The van der Waals surface area contributed by atoms with Crippen molar-refractivity contribution < 1.29 is 4.92 Å². The molecule has 0 saturated carbocycles. The summed E-state index contributed by atoms with van der Waals surface area (Å²) in [5.74, 6) is 0. The molecule has 0 unspecified atom stereocenters. The molecule has 4 aromatic rings. The van der Waals surface area contributed by atoms with Gasteiger partial charge in [-0.1, -0.05) is 35.9 Å². The summed E-state index contributed by atoms with van der Waals surface area (Å²) in [4.78, 5) is 27.8. The average Bonchev–Trinajstić information content (AvgIpc) is 3.33. The van der Waals surface area contributed by atoms with Crippen molar-refractivity contribution in [3.63, 3.8) is 0 Å². The van der Waals surface area contributed by atoms with Gasteiger partial charge in [0, 0.05) is 23.1 Å². The average molecular weight is 441 g/mol. The number of aromatic nitrogens is 3. The van der Waals surface area contributed by atoms with E-state index in [4.69, 9.17) is 11.6 Å². The van der Waals surface area contributed by atoms with E-state index in [0.29, 0.717) is 32.8 Å². The van der Waals surface area contributed by atoms with Crippen LogP contribution in [0.1, 0.15) is 5.69 Å². The van der Waals surface area contributed by atoms with Crippen molar-refractivity contribution >= 4 is 40.0 Å². The highest BCUT2D eigenvalue weighted by Gasteiger charge is 2.16. The molecule has 30 heavy (non-hydrogen) atoms. The molecular weight excluding hydrogens is 428 g/mol. The van der Waals surface area contributed by atoms with Crippen molar-refractivity contribution in [3.8, 4) is 16.4 Å². The maximum absolute atomic E-state index is 12.8. The lowest BCUT2D eigenvalue weighted by Crippen LogP contribution is -2.13. The van der Waals surface area contributed by atoms with Crippen molar-refractivity contribution in [2.24, 2.45) is 10.2 Å². The fourth-order valence-electron chi connectivity index (χ4n) is 2.71. The first-order valence-corrected chi connectivity index (χ1v) is 9.88. The van der Waals surface area contributed by atoms with E-state index in [1.807, 2.05) is 0 Å². The SMILES string of the molecule is Cc1[nH]n(-c2nc(-c3cccc([N+](=O)[O-])c3)cs2)c(=O)c1N=Nc1ccccc1Cl. The molecule has 11 heteroatoms. The number of nitrogens with zero attached hydrogens (tertiary/aromatic N) is 5. The third kappa shape index (κ3) is 3.78. The Labute approximate surface area is 178 Å². The monoisotopic (exact) mass is 440 g/mol. The lowest BCUT2D eigenvalue weighted by molar-refractivity contribution is -0.384. The second-order valence-corrected chi connectivity index (χ2v) is 7.44. The Balaban J connectivity index is 1.68. The Hall–Kier alpha value is -3.63. The minimum absolute atomic E-state index is 0.0304. The molecule has 0 radical (unpaired) electrons. The molecule has 0 aliphatic rings. The number of non-ortho nitro benzene ring substituents is 1. The number of H-pyrrole nitrogens is 1. The van der Waals surface area contributed by atoms with Crippen LogP contribution >= 0.6 is 22.9 Å². The van der Waals surface area contributed by atoms with Gasteiger partial charge < -0.3 is 0 Å². The third-order valence-electron chi connectivity index (χ3n) is 4.19. The van der Waals surface area contributed by atoms with Crippen LogP contribution in [0, 0.1) is 17.0 Å². The molecular formula is C19H13ClN6O3S. The first-order chi connectivity index (χ1) is 14.4. The summed E-state index contributed by atoms with van der Waals surface area (Å²) in [5.41, 5.74) is 1.78. The van der Waals surface area contributed by atoms with Gasteiger partial charge in [-0.15, -0.1) is 21.6 Å². The molecule has 0 aliphatic carbocycles. The maximum Gasteiger partial charge on any atom is 0.301 e. The molecule has 2 aromatic carbocycles. The van der Waals surface area contributed by atoms with Gasteiger partial charge in [0.1, 0.15) is 5.69 Å². The number of thiazole rings is 1. The predicted molar refractivity (Wildman–Crippen MR) is 115 cm³/mol. The zero-order chi connectivity index (χ0) is 21.3. The molecule has 2 aromatic heterocycles. The summed E-state index contributed by atoms with van der Waals surface area (Å²) in [6.45, 7) is 1.70. The Morgan fingerprint density at radius 3 is 2.77 bits per heavy atom. The Bertz CT molecular complexity index is 1340. The van der Waals surface area contributed by atoms with E-state index in [2.05, 4.69) is 20.3 Å². The van der Waals surface area contributed by atoms with Gasteiger partial charge in [-0.2, -0.15) is 4.68 Å². The van der Waals surface area contributed by atoms with Gasteiger partial charge >= 0.3 is 5.56 Å². The molecule has 150 valence electrons. The molecule has 0 bridgehead atoms. The van der Waals surface area contributed by atoms with Crippen LogP contribution < -0.4 is 5.56 Å². The van der Waals surface area contributed by atoms with Gasteiger partial charge in [0.15, 0.2) is 5.69 Å². The fraction of sp³-hybridized carbons (Fsp3) is 0.0526. The largest absolute Gasteiger partial charge is 0.301 e. The van der Waals surface area contributed by atoms with Crippen LogP contribution in [0.4, 0.5) is 17.1 Å². The minimum Gasteiger partial charge on any atom is -0.291 e. The topological polar surface area (TPSA) is 119 Å². The van der Waals surface area contributed by atoms with Crippen LogP contribution in [0.25, 0.3) is 16.4 Å². The Morgan fingerprint density at radius 1 is 1.20 bits per heavy atom.